The highest BCUT2D eigenvalue weighted by atomic mass is 32.2. The summed E-state index contributed by atoms with van der Waals surface area (Å²) in [7, 11) is 0. The van der Waals surface area contributed by atoms with E-state index < -0.39 is 0 Å². The smallest absolute Gasteiger partial charge is 0.236 e. The van der Waals surface area contributed by atoms with Gasteiger partial charge >= 0.3 is 0 Å². The van der Waals surface area contributed by atoms with Gasteiger partial charge in [-0.3, -0.25) is 4.79 Å². The van der Waals surface area contributed by atoms with E-state index in [-0.39, 0.29) is 17.6 Å². The molecular formula is C11H12N6OS. The number of aromatic nitrogens is 4. The van der Waals surface area contributed by atoms with Crippen molar-refractivity contribution in [3.63, 3.8) is 0 Å². The molecule has 0 aliphatic rings. The molecule has 0 aromatic carbocycles. The Kier molecular flexibility index (Phi) is 4.24. The number of amides is 1. The summed E-state index contributed by atoms with van der Waals surface area (Å²) in [4.78, 5) is 27.2. The molecule has 98 valence electrons. The fourth-order valence-electron chi connectivity index (χ4n) is 1.28. The van der Waals surface area contributed by atoms with Crippen LogP contribution in [0.3, 0.4) is 0 Å². The van der Waals surface area contributed by atoms with Crippen LogP contribution in [0.5, 0.6) is 0 Å². The van der Waals surface area contributed by atoms with Crippen LogP contribution in [-0.4, -0.2) is 31.6 Å². The molecule has 0 unspecified atom stereocenters. The highest BCUT2D eigenvalue weighted by Crippen LogP contribution is 2.13. The summed E-state index contributed by atoms with van der Waals surface area (Å²) < 4.78 is 0. The van der Waals surface area contributed by atoms with Gasteiger partial charge in [-0.25, -0.2) is 15.0 Å². The predicted molar refractivity (Wildman–Crippen MR) is 72.6 cm³/mol. The van der Waals surface area contributed by atoms with Gasteiger partial charge in [0.1, 0.15) is 12.1 Å². The number of nitrogens with zero attached hydrogens (tertiary/aromatic N) is 4. The molecule has 1 amide bonds. The number of aryl methyl sites for hydroxylation is 1. The van der Waals surface area contributed by atoms with Gasteiger partial charge in [-0.05, 0) is 24.6 Å². The third-order valence-electron chi connectivity index (χ3n) is 2.08. The van der Waals surface area contributed by atoms with Gasteiger partial charge in [-0.2, -0.15) is 4.98 Å². The van der Waals surface area contributed by atoms with Gasteiger partial charge in [0.15, 0.2) is 5.16 Å². The second-order valence-electron chi connectivity index (χ2n) is 3.68. The van der Waals surface area contributed by atoms with E-state index in [2.05, 4.69) is 25.3 Å². The Bertz CT molecular complexity index is 591. The Hall–Kier alpha value is -2.22. The Morgan fingerprint density at radius 2 is 2.26 bits per heavy atom. The summed E-state index contributed by atoms with van der Waals surface area (Å²) in [5.74, 6) is 0.667. The SMILES string of the molecule is Cc1ccnc(NC(=O)CSc2ncnc(N)n2)c1. The summed E-state index contributed by atoms with van der Waals surface area (Å²) >= 11 is 1.18. The topological polar surface area (TPSA) is 107 Å². The Labute approximate surface area is 114 Å². The first-order valence-electron chi connectivity index (χ1n) is 5.43. The normalized spacial score (nSPS) is 10.2. The molecule has 2 rings (SSSR count). The van der Waals surface area contributed by atoms with Crippen LogP contribution in [0.1, 0.15) is 5.56 Å². The molecule has 0 saturated heterocycles. The lowest BCUT2D eigenvalue weighted by molar-refractivity contribution is -0.113. The molecule has 3 N–H and O–H groups in total. The molecule has 0 bridgehead atoms. The van der Waals surface area contributed by atoms with Crippen molar-refractivity contribution in [1.82, 2.24) is 19.9 Å². The van der Waals surface area contributed by atoms with Gasteiger partial charge in [-0.15, -0.1) is 0 Å². The zero-order chi connectivity index (χ0) is 13.7. The number of hydrogen-bond acceptors (Lipinski definition) is 7. The van der Waals surface area contributed by atoms with E-state index in [4.69, 9.17) is 5.73 Å². The number of nitrogens with two attached hydrogens (primary N) is 1. The van der Waals surface area contributed by atoms with Gasteiger partial charge < -0.3 is 11.1 Å². The third-order valence-corrected chi connectivity index (χ3v) is 2.95. The molecule has 8 heteroatoms. The standard InChI is InChI=1S/C11H12N6OS/c1-7-2-3-13-8(4-7)16-9(18)5-19-11-15-6-14-10(12)17-11/h2-4,6H,5H2,1H3,(H,13,16,18)(H2,12,14,15,17). The van der Waals surface area contributed by atoms with Crippen LogP contribution in [0.2, 0.25) is 0 Å². The second kappa shape index (κ2) is 6.10. The van der Waals surface area contributed by atoms with E-state index >= 15 is 0 Å². The molecule has 0 atom stereocenters. The minimum atomic E-state index is -0.179. The number of carbonyl (C=O) groups is 1. The maximum Gasteiger partial charge on any atom is 0.236 e. The van der Waals surface area contributed by atoms with E-state index in [1.807, 2.05) is 13.0 Å². The number of pyridine rings is 1. The van der Waals surface area contributed by atoms with Gasteiger partial charge in [-0.1, -0.05) is 11.8 Å². The lowest BCUT2D eigenvalue weighted by Crippen LogP contribution is -2.15. The zero-order valence-electron chi connectivity index (χ0n) is 10.2. The molecule has 0 spiro atoms. The van der Waals surface area contributed by atoms with Crippen LogP contribution < -0.4 is 11.1 Å². The lowest BCUT2D eigenvalue weighted by atomic mass is 10.3. The van der Waals surface area contributed by atoms with E-state index in [1.54, 1.807) is 12.3 Å². The van der Waals surface area contributed by atoms with E-state index in [1.165, 1.54) is 18.1 Å². The van der Waals surface area contributed by atoms with Crippen LogP contribution >= 0.6 is 11.8 Å². The first-order chi connectivity index (χ1) is 9.13. The van der Waals surface area contributed by atoms with Crippen LogP contribution in [0.25, 0.3) is 0 Å². The van der Waals surface area contributed by atoms with Gasteiger partial charge in [0.2, 0.25) is 11.9 Å². The van der Waals surface area contributed by atoms with E-state index in [9.17, 15) is 4.79 Å². The first kappa shape index (κ1) is 13.2. The second-order valence-corrected chi connectivity index (χ2v) is 4.62. The molecule has 2 aromatic rings. The number of anilines is 2. The molecule has 19 heavy (non-hydrogen) atoms. The number of nitrogens with one attached hydrogen (secondary N) is 1. The maximum absolute atomic E-state index is 11.7. The quantitative estimate of drug-likeness (QED) is 0.798. The Morgan fingerprint density at radius 1 is 1.42 bits per heavy atom. The van der Waals surface area contributed by atoms with Gasteiger partial charge in [0.05, 0.1) is 5.75 Å². The summed E-state index contributed by atoms with van der Waals surface area (Å²) in [5.41, 5.74) is 6.45. The largest absolute Gasteiger partial charge is 0.368 e. The molecular weight excluding hydrogens is 264 g/mol. The Morgan fingerprint density at radius 3 is 3.00 bits per heavy atom. The summed E-state index contributed by atoms with van der Waals surface area (Å²) in [6.07, 6.45) is 2.95. The monoisotopic (exact) mass is 276 g/mol. The lowest BCUT2D eigenvalue weighted by Gasteiger charge is -2.04. The van der Waals surface area contributed by atoms with Crippen LogP contribution in [0, 0.1) is 6.92 Å². The van der Waals surface area contributed by atoms with Crippen LogP contribution in [-0.2, 0) is 4.79 Å². The van der Waals surface area contributed by atoms with Crippen molar-refractivity contribution in [2.75, 3.05) is 16.8 Å². The molecule has 0 fully saturated rings. The molecule has 0 aliphatic heterocycles. The van der Waals surface area contributed by atoms with Crippen molar-refractivity contribution in [3.05, 3.63) is 30.2 Å². The molecule has 7 nitrogen and oxygen atoms in total. The van der Waals surface area contributed by atoms with Crippen molar-refractivity contribution in [1.29, 1.82) is 0 Å². The fraction of sp³-hybridized carbons (Fsp3) is 0.182. The average Bonchev–Trinajstić information content (AvgIpc) is 2.36. The van der Waals surface area contributed by atoms with Gasteiger partial charge in [0.25, 0.3) is 0 Å². The number of carbonyl (C=O) groups excluding carboxylic acids is 1. The van der Waals surface area contributed by atoms with Crippen molar-refractivity contribution < 1.29 is 4.79 Å². The number of thioether (sulfide) groups is 1. The van der Waals surface area contributed by atoms with E-state index in [0.717, 1.165) is 5.56 Å². The highest BCUT2D eigenvalue weighted by Gasteiger charge is 2.06. The first-order valence-corrected chi connectivity index (χ1v) is 6.42. The zero-order valence-corrected chi connectivity index (χ0v) is 11.0. The van der Waals surface area contributed by atoms with Crippen molar-refractivity contribution in [2.45, 2.75) is 12.1 Å². The molecule has 0 saturated carbocycles. The molecule has 0 radical (unpaired) electrons. The van der Waals surface area contributed by atoms with E-state index in [0.29, 0.717) is 11.0 Å². The summed E-state index contributed by atoms with van der Waals surface area (Å²) in [6.45, 7) is 1.93. The highest BCUT2D eigenvalue weighted by molar-refractivity contribution is 7.99. The van der Waals surface area contributed by atoms with Gasteiger partial charge in [0, 0.05) is 6.20 Å². The fourth-order valence-corrected chi connectivity index (χ4v) is 1.89. The number of nitrogen functional groups attached to an aromatic ring is 1. The molecule has 0 aliphatic carbocycles. The van der Waals surface area contributed by atoms with Crippen molar-refractivity contribution in [3.8, 4) is 0 Å². The summed E-state index contributed by atoms with van der Waals surface area (Å²) in [5, 5.41) is 3.11. The minimum absolute atomic E-state index is 0.137. The number of rotatable bonds is 4. The molecule has 2 aromatic heterocycles. The predicted octanol–water partition coefficient (Wildman–Crippen LogP) is 0.888. The maximum atomic E-state index is 11.7. The minimum Gasteiger partial charge on any atom is -0.368 e. The van der Waals surface area contributed by atoms with Crippen LogP contribution in [0.4, 0.5) is 11.8 Å². The van der Waals surface area contributed by atoms with Crippen molar-refractivity contribution in [2.24, 2.45) is 0 Å². The average molecular weight is 276 g/mol. The van der Waals surface area contributed by atoms with Crippen molar-refractivity contribution >= 4 is 29.4 Å². The number of hydrogen-bond donors (Lipinski definition) is 2. The van der Waals surface area contributed by atoms with Crippen LogP contribution in [0.15, 0.2) is 29.8 Å². The third kappa shape index (κ3) is 4.18. The molecule has 2 heterocycles. The Balaban J connectivity index is 1.88. The summed E-state index contributed by atoms with van der Waals surface area (Å²) in [6, 6.07) is 3.65.